The third-order valence-corrected chi connectivity index (χ3v) is 5.49. The Morgan fingerprint density at radius 3 is 2.81 bits per heavy atom. The summed E-state index contributed by atoms with van der Waals surface area (Å²) >= 11 is 1.45. The minimum atomic E-state index is -0.390. The number of carbonyl (C=O) groups excluding carboxylic acids is 3. The number of rotatable bonds is 7. The second kappa shape index (κ2) is 8.85. The molecule has 3 rings (SSSR count). The van der Waals surface area contributed by atoms with Crippen LogP contribution < -0.4 is 10.6 Å². The van der Waals surface area contributed by atoms with Crippen LogP contribution in [0, 0.1) is 0 Å². The Labute approximate surface area is 161 Å². The fourth-order valence-electron chi connectivity index (χ4n) is 3.05. The molecule has 0 spiro atoms. The summed E-state index contributed by atoms with van der Waals surface area (Å²) in [6.45, 7) is 2.22. The lowest BCUT2D eigenvalue weighted by molar-refractivity contribution is -0.116. The average Bonchev–Trinajstić information content (AvgIpc) is 3.29. The number of esters is 1. The van der Waals surface area contributed by atoms with E-state index in [4.69, 9.17) is 9.15 Å². The van der Waals surface area contributed by atoms with Crippen molar-refractivity contribution in [1.29, 1.82) is 0 Å². The summed E-state index contributed by atoms with van der Waals surface area (Å²) in [5, 5.41) is 5.99. The zero-order valence-corrected chi connectivity index (χ0v) is 15.9. The maximum absolute atomic E-state index is 12.4. The van der Waals surface area contributed by atoms with Gasteiger partial charge >= 0.3 is 5.97 Å². The van der Waals surface area contributed by atoms with Gasteiger partial charge in [0.05, 0.1) is 18.4 Å². The van der Waals surface area contributed by atoms with Crippen LogP contribution in [-0.2, 0) is 22.4 Å². The molecule has 0 saturated carbocycles. The normalized spacial score (nSPS) is 12.9. The van der Waals surface area contributed by atoms with Crippen molar-refractivity contribution >= 4 is 34.1 Å². The van der Waals surface area contributed by atoms with Gasteiger partial charge in [0.25, 0.3) is 5.91 Å². The Balaban J connectivity index is 1.62. The average molecular weight is 390 g/mol. The predicted molar refractivity (Wildman–Crippen MR) is 101 cm³/mol. The van der Waals surface area contributed by atoms with Crippen molar-refractivity contribution in [1.82, 2.24) is 5.32 Å². The van der Waals surface area contributed by atoms with Gasteiger partial charge in [-0.3, -0.25) is 9.59 Å². The number of fused-ring (bicyclic) bond motifs is 1. The highest BCUT2D eigenvalue weighted by atomic mass is 32.1. The first kappa shape index (κ1) is 19.2. The van der Waals surface area contributed by atoms with Gasteiger partial charge in [0.1, 0.15) is 5.00 Å². The van der Waals surface area contributed by atoms with Crippen molar-refractivity contribution < 1.29 is 23.5 Å². The lowest BCUT2D eigenvalue weighted by atomic mass is 9.95. The van der Waals surface area contributed by atoms with E-state index >= 15 is 0 Å². The summed E-state index contributed by atoms with van der Waals surface area (Å²) < 4.78 is 10.2. The van der Waals surface area contributed by atoms with Gasteiger partial charge in [0.2, 0.25) is 5.91 Å². The molecule has 1 aliphatic rings. The van der Waals surface area contributed by atoms with Crippen LogP contribution in [0.5, 0.6) is 0 Å². The number of hydrogen-bond acceptors (Lipinski definition) is 6. The molecule has 0 radical (unpaired) electrons. The third kappa shape index (κ3) is 4.57. The van der Waals surface area contributed by atoms with Crippen LogP contribution in [0.2, 0.25) is 0 Å². The molecule has 2 heterocycles. The van der Waals surface area contributed by atoms with E-state index in [2.05, 4.69) is 10.6 Å². The number of anilines is 1. The van der Waals surface area contributed by atoms with Crippen molar-refractivity contribution in [3.8, 4) is 0 Å². The number of ether oxygens (including phenoxy) is 1. The largest absolute Gasteiger partial charge is 0.462 e. The Bertz CT molecular complexity index is 826. The number of aryl methyl sites for hydroxylation is 1. The molecule has 2 N–H and O–H groups in total. The van der Waals surface area contributed by atoms with Crippen LogP contribution in [0.25, 0.3) is 0 Å². The molecule has 0 bridgehead atoms. The molecule has 0 unspecified atom stereocenters. The third-order valence-electron chi connectivity index (χ3n) is 4.29. The van der Waals surface area contributed by atoms with Gasteiger partial charge in [-0.25, -0.2) is 4.79 Å². The number of nitrogens with one attached hydrogen (secondary N) is 2. The minimum Gasteiger partial charge on any atom is -0.462 e. The molecule has 2 amide bonds. The molecular formula is C19H22N2O5S. The van der Waals surface area contributed by atoms with E-state index in [1.165, 1.54) is 17.6 Å². The summed E-state index contributed by atoms with van der Waals surface area (Å²) in [7, 11) is 0. The van der Waals surface area contributed by atoms with E-state index in [0.29, 0.717) is 10.6 Å². The summed E-state index contributed by atoms with van der Waals surface area (Å²) in [4.78, 5) is 37.6. The summed E-state index contributed by atoms with van der Waals surface area (Å²) in [6.07, 6.45) is 5.37. The summed E-state index contributed by atoms with van der Waals surface area (Å²) in [6, 6.07) is 3.17. The Morgan fingerprint density at radius 1 is 1.26 bits per heavy atom. The van der Waals surface area contributed by atoms with Gasteiger partial charge < -0.3 is 19.8 Å². The lowest BCUT2D eigenvalue weighted by Gasteiger charge is -2.12. The van der Waals surface area contributed by atoms with Crippen LogP contribution >= 0.6 is 11.3 Å². The number of hydrogen-bond donors (Lipinski definition) is 2. The van der Waals surface area contributed by atoms with Crippen molar-refractivity contribution in [2.75, 3.05) is 18.5 Å². The first-order valence-electron chi connectivity index (χ1n) is 9.03. The van der Waals surface area contributed by atoms with Gasteiger partial charge in [-0.2, -0.15) is 0 Å². The van der Waals surface area contributed by atoms with Gasteiger partial charge in [-0.15, -0.1) is 11.3 Å². The minimum absolute atomic E-state index is 0.0945. The van der Waals surface area contributed by atoms with Crippen molar-refractivity contribution in [2.24, 2.45) is 0 Å². The van der Waals surface area contributed by atoms with Crippen LogP contribution in [0.15, 0.2) is 22.8 Å². The molecule has 0 aromatic carbocycles. The zero-order valence-electron chi connectivity index (χ0n) is 15.1. The molecule has 0 aliphatic heterocycles. The molecule has 27 heavy (non-hydrogen) atoms. The molecule has 0 atom stereocenters. The Hall–Kier alpha value is -2.61. The summed E-state index contributed by atoms with van der Waals surface area (Å²) in [5.41, 5.74) is 1.50. The predicted octanol–water partition coefficient (Wildman–Crippen LogP) is 3.16. The zero-order chi connectivity index (χ0) is 19.2. The van der Waals surface area contributed by atoms with Crippen LogP contribution in [-0.4, -0.2) is 30.9 Å². The fourth-order valence-corrected chi connectivity index (χ4v) is 4.34. The molecule has 1 aliphatic carbocycles. The van der Waals surface area contributed by atoms with E-state index in [0.717, 1.165) is 36.1 Å². The van der Waals surface area contributed by atoms with Gasteiger partial charge in [-0.1, -0.05) is 0 Å². The Kier molecular flexibility index (Phi) is 6.28. The highest BCUT2D eigenvalue weighted by Crippen LogP contribution is 2.38. The standard InChI is InChI=1S/C19H22N2O5S/c1-2-25-19(24)16-12-6-3-4-8-14(12)27-18(16)21-15(22)9-10-20-17(23)13-7-5-11-26-13/h5,7,11H,2-4,6,8-10H2,1H3,(H,20,23)(H,21,22). The number of furan rings is 1. The fraction of sp³-hybridized carbons (Fsp3) is 0.421. The second-order valence-corrected chi connectivity index (χ2v) is 7.27. The molecule has 7 nitrogen and oxygen atoms in total. The molecular weight excluding hydrogens is 368 g/mol. The molecule has 0 fully saturated rings. The van der Waals surface area contributed by atoms with Gasteiger partial charge in [-0.05, 0) is 50.3 Å². The van der Waals surface area contributed by atoms with E-state index in [9.17, 15) is 14.4 Å². The molecule has 2 aromatic heterocycles. The first-order chi connectivity index (χ1) is 13.1. The smallest absolute Gasteiger partial charge is 0.341 e. The maximum Gasteiger partial charge on any atom is 0.341 e. The number of amides is 2. The second-order valence-electron chi connectivity index (χ2n) is 6.17. The van der Waals surface area contributed by atoms with E-state index in [1.54, 1.807) is 19.1 Å². The molecule has 2 aromatic rings. The van der Waals surface area contributed by atoms with Crippen molar-refractivity contribution in [3.63, 3.8) is 0 Å². The van der Waals surface area contributed by atoms with Crippen LogP contribution in [0.3, 0.4) is 0 Å². The van der Waals surface area contributed by atoms with Crippen LogP contribution in [0.1, 0.15) is 57.5 Å². The van der Waals surface area contributed by atoms with Crippen molar-refractivity contribution in [3.05, 3.63) is 40.2 Å². The highest BCUT2D eigenvalue weighted by molar-refractivity contribution is 7.17. The topological polar surface area (TPSA) is 97.6 Å². The van der Waals surface area contributed by atoms with E-state index in [-0.39, 0.29) is 37.1 Å². The van der Waals surface area contributed by atoms with Crippen LogP contribution in [0.4, 0.5) is 5.00 Å². The quantitative estimate of drug-likeness (QED) is 0.708. The molecule has 8 heteroatoms. The SMILES string of the molecule is CCOC(=O)c1c(NC(=O)CCNC(=O)c2ccco2)sc2c1CCCC2. The van der Waals surface area contributed by atoms with E-state index in [1.807, 2.05) is 0 Å². The number of carbonyl (C=O) groups is 3. The molecule has 0 saturated heterocycles. The summed E-state index contributed by atoms with van der Waals surface area (Å²) in [5.74, 6) is -0.824. The Morgan fingerprint density at radius 2 is 2.07 bits per heavy atom. The van der Waals surface area contributed by atoms with E-state index < -0.39 is 5.97 Å². The maximum atomic E-state index is 12.4. The monoisotopic (exact) mass is 390 g/mol. The highest BCUT2D eigenvalue weighted by Gasteiger charge is 2.27. The van der Waals surface area contributed by atoms with Gasteiger partial charge in [0, 0.05) is 17.8 Å². The van der Waals surface area contributed by atoms with Crippen molar-refractivity contribution in [2.45, 2.75) is 39.0 Å². The first-order valence-corrected chi connectivity index (χ1v) is 9.85. The molecule has 144 valence electrons. The van der Waals surface area contributed by atoms with Gasteiger partial charge in [0.15, 0.2) is 5.76 Å². The lowest BCUT2D eigenvalue weighted by Crippen LogP contribution is -2.27. The number of thiophene rings is 1.